The molecule has 0 aromatic heterocycles. The largest absolute Gasteiger partial charge is 0.367 e. The Morgan fingerprint density at radius 3 is 2.68 bits per heavy atom. The molecule has 1 saturated carbocycles. The monoisotopic (exact) mass is 252 g/mol. The highest BCUT2D eigenvalue weighted by Gasteiger charge is 2.36. The van der Waals surface area contributed by atoms with Crippen LogP contribution in [0.1, 0.15) is 38.7 Å². The van der Waals surface area contributed by atoms with Crippen LogP contribution in [0.5, 0.6) is 0 Å². The standard InChI is InChI=1S/C17H20N2/c1-3-7-14(4-2)15-8-5-9-16(12-15)19-17(13-18)10-6-11-17/h3-5,7-9,12,19H,6,10-11H2,1-2H3/b7-3-,14-4+. The molecule has 2 heteroatoms. The van der Waals surface area contributed by atoms with E-state index in [9.17, 15) is 5.26 Å². The van der Waals surface area contributed by atoms with E-state index in [2.05, 4.69) is 35.7 Å². The molecule has 0 amide bonds. The van der Waals surface area contributed by atoms with Crippen molar-refractivity contribution in [1.82, 2.24) is 0 Å². The Balaban J connectivity index is 2.22. The fourth-order valence-corrected chi connectivity index (χ4v) is 2.39. The van der Waals surface area contributed by atoms with Gasteiger partial charge in [-0.2, -0.15) is 5.26 Å². The number of nitrogens with one attached hydrogen (secondary N) is 1. The summed E-state index contributed by atoms with van der Waals surface area (Å²) in [6, 6.07) is 10.7. The van der Waals surface area contributed by atoms with Crippen LogP contribution >= 0.6 is 0 Å². The number of hydrogen-bond acceptors (Lipinski definition) is 2. The minimum atomic E-state index is -0.338. The molecule has 0 aliphatic heterocycles. The van der Waals surface area contributed by atoms with Crippen LogP contribution in [0.25, 0.3) is 5.57 Å². The zero-order chi connectivity index (χ0) is 13.7. The molecule has 2 rings (SSSR count). The van der Waals surface area contributed by atoms with E-state index >= 15 is 0 Å². The van der Waals surface area contributed by atoms with E-state index in [0.717, 1.165) is 24.9 Å². The Bertz CT molecular complexity index is 543. The van der Waals surface area contributed by atoms with Gasteiger partial charge in [-0.25, -0.2) is 0 Å². The zero-order valence-corrected chi connectivity index (χ0v) is 11.6. The van der Waals surface area contributed by atoms with Crippen molar-refractivity contribution in [2.75, 3.05) is 5.32 Å². The predicted octanol–water partition coefficient (Wildman–Crippen LogP) is 4.52. The highest BCUT2D eigenvalue weighted by atomic mass is 15.0. The van der Waals surface area contributed by atoms with E-state index in [0.29, 0.717) is 0 Å². The Morgan fingerprint density at radius 1 is 1.37 bits per heavy atom. The van der Waals surface area contributed by atoms with Crippen LogP contribution < -0.4 is 5.32 Å². The number of rotatable bonds is 4. The third-order valence-electron chi connectivity index (χ3n) is 3.66. The van der Waals surface area contributed by atoms with Crippen molar-refractivity contribution in [3.05, 3.63) is 48.1 Å². The van der Waals surface area contributed by atoms with E-state index in [1.807, 2.05) is 32.1 Å². The number of benzene rings is 1. The zero-order valence-electron chi connectivity index (χ0n) is 11.6. The summed E-state index contributed by atoms with van der Waals surface area (Å²) in [5.41, 5.74) is 3.07. The van der Waals surface area contributed by atoms with Crippen molar-refractivity contribution in [3.8, 4) is 6.07 Å². The van der Waals surface area contributed by atoms with Gasteiger partial charge in [0, 0.05) is 5.69 Å². The van der Waals surface area contributed by atoms with Gasteiger partial charge in [0.2, 0.25) is 0 Å². The van der Waals surface area contributed by atoms with Crippen LogP contribution in [0, 0.1) is 11.3 Å². The minimum absolute atomic E-state index is 0.338. The highest BCUT2D eigenvalue weighted by molar-refractivity contribution is 5.75. The molecular weight excluding hydrogens is 232 g/mol. The second-order valence-corrected chi connectivity index (χ2v) is 5.00. The first-order chi connectivity index (χ1) is 9.23. The number of allylic oxidation sites excluding steroid dienone is 4. The fraction of sp³-hybridized carbons (Fsp3) is 0.353. The van der Waals surface area contributed by atoms with Crippen molar-refractivity contribution in [2.45, 2.75) is 38.6 Å². The third kappa shape index (κ3) is 2.88. The normalized spacial score (nSPS) is 17.8. The molecular formula is C17H20N2. The van der Waals surface area contributed by atoms with Gasteiger partial charge in [-0.3, -0.25) is 0 Å². The van der Waals surface area contributed by atoms with Gasteiger partial charge in [0.1, 0.15) is 5.54 Å². The van der Waals surface area contributed by atoms with Gasteiger partial charge in [0.25, 0.3) is 0 Å². The lowest BCUT2D eigenvalue weighted by Gasteiger charge is -2.36. The molecule has 1 aliphatic carbocycles. The van der Waals surface area contributed by atoms with Gasteiger partial charge >= 0.3 is 0 Å². The number of nitriles is 1. The van der Waals surface area contributed by atoms with Crippen molar-refractivity contribution < 1.29 is 0 Å². The van der Waals surface area contributed by atoms with Gasteiger partial charge in [-0.05, 0) is 56.4 Å². The molecule has 0 unspecified atom stereocenters. The highest BCUT2D eigenvalue weighted by Crippen LogP contribution is 2.35. The van der Waals surface area contributed by atoms with E-state index in [4.69, 9.17) is 0 Å². The molecule has 0 radical (unpaired) electrons. The molecule has 2 nitrogen and oxygen atoms in total. The van der Waals surface area contributed by atoms with Gasteiger partial charge in [-0.1, -0.05) is 30.4 Å². The topological polar surface area (TPSA) is 35.8 Å². The van der Waals surface area contributed by atoms with Crippen molar-refractivity contribution >= 4 is 11.3 Å². The maximum Gasteiger partial charge on any atom is 0.125 e. The number of anilines is 1. The van der Waals surface area contributed by atoms with Crippen LogP contribution in [-0.4, -0.2) is 5.54 Å². The number of hydrogen-bond donors (Lipinski definition) is 1. The van der Waals surface area contributed by atoms with Crippen molar-refractivity contribution in [2.24, 2.45) is 0 Å². The lowest BCUT2D eigenvalue weighted by molar-refractivity contribution is 0.356. The Kier molecular flexibility index (Phi) is 4.06. The second kappa shape index (κ2) is 5.75. The van der Waals surface area contributed by atoms with Gasteiger partial charge in [0.15, 0.2) is 0 Å². The Labute approximate surface area is 115 Å². The molecule has 1 N–H and O–H groups in total. The quantitative estimate of drug-likeness (QED) is 0.799. The number of nitrogens with zero attached hydrogens (tertiary/aromatic N) is 1. The van der Waals surface area contributed by atoms with Crippen LogP contribution in [-0.2, 0) is 0 Å². The summed E-state index contributed by atoms with van der Waals surface area (Å²) in [6.07, 6.45) is 9.26. The van der Waals surface area contributed by atoms with E-state index in [1.54, 1.807) is 0 Å². The first-order valence-corrected chi connectivity index (χ1v) is 6.82. The maximum atomic E-state index is 9.27. The summed E-state index contributed by atoms with van der Waals surface area (Å²) in [5.74, 6) is 0. The maximum absolute atomic E-state index is 9.27. The Morgan fingerprint density at radius 2 is 2.16 bits per heavy atom. The lowest BCUT2D eigenvalue weighted by atomic mass is 9.78. The molecule has 98 valence electrons. The van der Waals surface area contributed by atoms with Crippen molar-refractivity contribution in [1.29, 1.82) is 5.26 Å². The molecule has 0 heterocycles. The summed E-state index contributed by atoms with van der Waals surface area (Å²) < 4.78 is 0. The predicted molar refractivity (Wildman–Crippen MR) is 80.7 cm³/mol. The van der Waals surface area contributed by atoms with Crippen LogP contribution in [0.3, 0.4) is 0 Å². The van der Waals surface area contributed by atoms with Gasteiger partial charge in [-0.15, -0.1) is 0 Å². The van der Waals surface area contributed by atoms with E-state index < -0.39 is 0 Å². The molecule has 1 aromatic rings. The SMILES string of the molecule is C/C=C\C(=C/C)c1cccc(NC2(C#N)CCC2)c1. The summed E-state index contributed by atoms with van der Waals surface area (Å²) in [5, 5.41) is 12.7. The Hall–Kier alpha value is -2.01. The second-order valence-electron chi connectivity index (χ2n) is 5.00. The molecule has 1 aliphatic rings. The summed E-state index contributed by atoms with van der Waals surface area (Å²) in [6.45, 7) is 4.06. The molecule has 0 bridgehead atoms. The van der Waals surface area contributed by atoms with E-state index in [1.165, 1.54) is 11.1 Å². The summed E-state index contributed by atoms with van der Waals surface area (Å²) in [4.78, 5) is 0. The van der Waals surface area contributed by atoms with Crippen LogP contribution in [0.4, 0.5) is 5.69 Å². The molecule has 0 spiro atoms. The molecule has 0 saturated heterocycles. The summed E-state index contributed by atoms with van der Waals surface area (Å²) in [7, 11) is 0. The molecule has 1 fully saturated rings. The molecule has 0 atom stereocenters. The average Bonchev–Trinajstić information content (AvgIpc) is 2.40. The van der Waals surface area contributed by atoms with E-state index in [-0.39, 0.29) is 5.54 Å². The average molecular weight is 252 g/mol. The minimum Gasteiger partial charge on any atom is -0.367 e. The third-order valence-corrected chi connectivity index (χ3v) is 3.66. The first-order valence-electron chi connectivity index (χ1n) is 6.82. The smallest absolute Gasteiger partial charge is 0.125 e. The van der Waals surface area contributed by atoms with Crippen LogP contribution in [0.15, 0.2) is 42.5 Å². The van der Waals surface area contributed by atoms with Crippen LogP contribution in [0.2, 0.25) is 0 Å². The van der Waals surface area contributed by atoms with Gasteiger partial charge < -0.3 is 5.32 Å². The molecule has 19 heavy (non-hydrogen) atoms. The first kappa shape index (κ1) is 13.4. The lowest BCUT2D eigenvalue weighted by Crippen LogP contribution is -2.43. The summed E-state index contributed by atoms with van der Waals surface area (Å²) >= 11 is 0. The van der Waals surface area contributed by atoms with Crippen molar-refractivity contribution in [3.63, 3.8) is 0 Å². The fourth-order valence-electron chi connectivity index (χ4n) is 2.39. The van der Waals surface area contributed by atoms with Gasteiger partial charge in [0.05, 0.1) is 6.07 Å². The molecule has 1 aromatic carbocycles.